The number of carbonyl (C=O) groups is 2. The molecule has 0 radical (unpaired) electrons. The molecular weight excluding hydrogens is 368 g/mol. The maximum absolute atomic E-state index is 13.3. The Labute approximate surface area is 177 Å². The molecule has 0 bridgehead atoms. The largest absolute Gasteiger partial charge is 0.370 e. The minimum atomic E-state index is -0.167. The van der Waals surface area contributed by atoms with Gasteiger partial charge in [0.15, 0.2) is 0 Å². The zero-order valence-corrected chi connectivity index (χ0v) is 19.4. The lowest BCUT2D eigenvalue weighted by atomic mass is 9.85. The summed E-state index contributed by atoms with van der Waals surface area (Å²) in [6, 6.07) is 0. The predicted molar refractivity (Wildman–Crippen MR) is 115 cm³/mol. The van der Waals surface area contributed by atoms with Gasteiger partial charge in [-0.15, -0.1) is 0 Å². The smallest absolute Gasteiger partial charge is 0.225 e. The van der Waals surface area contributed by atoms with Crippen LogP contribution in [0.1, 0.15) is 73.6 Å². The highest BCUT2D eigenvalue weighted by Crippen LogP contribution is 2.37. The Morgan fingerprint density at radius 2 is 1.00 bits per heavy atom. The van der Waals surface area contributed by atoms with Gasteiger partial charge in [-0.05, 0) is 59.8 Å². The van der Waals surface area contributed by atoms with Gasteiger partial charge in [0, 0.05) is 38.0 Å². The van der Waals surface area contributed by atoms with Crippen molar-refractivity contribution in [3.05, 3.63) is 0 Å². The summed E-state index contributed by atoms with van der Waals surface area (Å²) in [5.74, 6) is 0.00231. The van der Waals surface area contributed by atoms with E-state index < -0.39 is 0 Å². The summed E-state index contributed by atoms with van der Waals surface area (Å²) < 4.78 is 11.5. The Bertz CT molecular complexity index is 487. The molecular formula is C23H42N2O4. The standard InChI is InChI=1S/C23H42N2O4/c1-7-18-20(28-18)14-16(22(26)24(9-3)10-4)13-17(15-21-19(8-2)29-21)23(27)25(11-5)12-6/h16-21H,7-15H2,1-6H3. The number of ether oxygens (including phenoxy) is 2. The Morgan fingerprint density at radius 3 is 1.24 bits per heavy atom. The summed E-state index contributed by atoms with van der Waals surface area (Å²) in [6.07, 6.45) is 4.86. The van der Waals surface area contributed by atoms with E-state index in [4.69, 9.17) is 9.47 Å². The van der Waals surface area contributed by atoms with Crippen molar-refractivity contribution in [2.75, 3.05) is 26.2 Å². The average Bonchev–Trinajstić information content (AvgIpc) is 3.64. The highest BCUT2D eigenvalue weighted by atomic mass is 16.6. The molecule has 2 aliphatic rings. The summed E-state index contributed by atoms with van der Waals surface area (Å²) in [6.45, 7) is 15.1. The van der Waals surface area contributed by atoms with Crippen LogP contribution in [0.5, 0.6) is 0 Å². The third-order valence-electron chi connectivity index (χ3n) is 6.63. The lowest BCUT2D eigenvalue weighted by Crippen LogP contribution is -2.41. The molecule has 168 valence electrons. The maximum Gasteiger partial charge on any atom is 0.225 e. The van der Waals surface area contributed by atoms with Crippen LogP contribution in [-0.4, -0.2) is 72.2 Å². The second-order valence-electron chi connectivity index (χ2n) is 8.36. The van der Waals surface area contributed by atoms with Crippen molar-refractivity contribution in [1.82, 2.24) is 9.80 Å². The van der Waals surface area contributed by atoms with Crippen LogP contribution in [0, 0.1) is 11.8 Å². The number of epoxide rings is 2. The minimum absolute atomic E-state index is 0.161. The molecule has 0 aromatic heterocycles. The third-order valence-corrected chi connectivity index (χ3v) is 6.63. The van der Waals surface area contributed by atoms with E-state index in [2.05, 4.69) is 13.8 Å². The predicted octanol–water partition coefficient (Wildman–Crippen LogP) is 3.48. The van der Waals surface area contributed by atoms with Gasteiger partial charge in [-0.25, -0.2) is 0 Å². The van der Waals surface area contributed by atoms with Crippen molar-refractivity contribution in [2.45, 2.75) is 98.1 Å². The molecule has 6 unspecified atom stereocenters. The van der Waals surface area contributed by atoms with Crippen LogP contribution in [0.15, 0.2) is 0 Å². The number of amides is 2. The van der Waals surface area contributed by atoms with E-state index in [1.807, 2.05) is 37.5 Å². The fourth-order valence-electron chi connectivity index (χ4n) is 4.58. The summed E-state index contributed by atoms with van der Waals surface area (Å²) in [7, 11) is 0. The fourth-order valence-corrected chi connectivity index (χ4v) is 4.58. The van der Waals surface area contributed by atoms with Gasteiger partial charge in [0.1, 0.15) is 0 Å². The number of hydrogen-bond acceptors (Lipinski definition) is 4. The van der Waals surface area contributed by atoms with Crippen LogP contribution in [0.3, 0.4) is 0 Å². The van der Waals surface area contributed by atoms with Crippen LogP contribution in [0.2, 0.25) is 0 Å². The van der Waals surface area contributed by atoms with Crippen molar-refractivity contribution in [2.24, 2.45) is 11.8 Å². The van der Waals surface area contributed by atoms with Gasteiger partial charge in [0.25, 0.3) is 0 Å². The van der Waals surface area contributed by atoms with Gasteiger partial charge in [-0.3, -0.25) is 9.59 Å². The first kappa shape index (κ1) is 24.1. The zero-order chi connectivity index (χ0) is 21.6. The fraction of sp³-hybridized carbons (Fsp3) is 0.913. The molecule has 0 N–H and O–H groups in total. The Hall–Kier alpha value is -1.14. The molecule has 2 aliphatic heterocycles. The van der Waals surface area contributed by atoms with Gasteiger partial charge >= 0.3 is 0 Å². The van der Waals surface area contributed by atoms with Crippen LogP contribution in [0.4, 0.5) is 0 Å². The molecule has 2 saturated heterocycles. The van der Waals surface area contributed by atoms with Crippen molar-refractivity contribution < 1.29 is 19.1 Å². The lowest BCUT2D eigenvalue weighted by Gasteiger charge is -2.30. The number of nitrogens with zero attached hydrogens (tertiary/aromatic N) is 2. The van der Waals surface area contributed by atoms with Gasteiger partial charge < -0.3 is 19.3 Å². The highest BCUT2D eigenvalue weighted by Gasteiger charge is 2.45. The van der Waals surface area contributed by atoms with Crippen molar-refractivity contribution in [3.63, 3.8) is 0 Å². The van der Waals surface area contributed by atoms with Crippen molar-refractivity contribution in [3.8, 4) is 0 Å². The second-order valence-corrected chi connectivity index (χ2v) is 8.36. The van der Waals surface area contributed by atoms with E-state index in [0.717, 1.165) is 25.7 Å². The van der Waals surface area contributed by atoms with Gasteiger partial charge in [0.2, 0.25) is 11.8 Å². The first-order valence-electron chi connectivity index (χ1n) is 11.8. The maximum atomic E-state index is 13.3. The molecule has 6 nitrogen and oxygen atoms in total. The van der Waals surface area contributed by atoms with Gasteiger partial charge in [0.05, 0.1) is 24.4 Å². The zero-order valence-electron chi connectivity index (χ0n) is 19.4. The second kappa shape index (κ2) is 11.3. The van der Waals surface area contributed by atoms with Crippen LogP contribution in [-0.2, 0) is 19.1 Å². The van der Waals surface area contributed by atoms with E-state index >= 15 is 0 Å². The van der Waals surface area contributed by atoms with Gasteiger partial charge in [-0.2, -0.15) is 0 Å². The molecule has 0 aromatic carbocycles. The molecule has 0 aromatic rings. The number of rotatable bonds is 14. The monoisotopic (exact) mass is 410 g/mol. The SMILES string of the molecule is CCC1OC1CC(CC(CC1OC1CC)C(=O)N(CC)CC)C(=O)N(CC)CC. The average molecular weight is 411 g/mol. The highest BCUT2D eigenvalue weighted by molar-refractivity contribution is 5.82. The van der Waals surface area contributed by atoms with Crippen LogP contribution < -0.4 is 0 Å². The molecule has 6 atom stereocenters. The number of carbonyl (C=O) groups excluding carboxylic acids is 2. The van der Waals surface area contributed by atoms with E-state index in [1.165, 1.54) is 0 Å². The minimum Gasteiger partial charge on any atom is -0.370 e. The summed E-state index contributed by atoms with van der Waals surface area (Å²) >= 11 is 0. The molecule has 6 heteroatoms. The Balaban J connectivity index is 2.15. The van der Waals surface area contributed by atoms with E-state index in [-0.39, 0.29) is 48.1 Å². The Kier molecular flexibility index (Phi) is 9.41. The molecule has 2 amide bonds. The first-order chi connectivity index (χ1) is 13.9. The summed E-state index contributed by atoms with van der Waals surface area (Å²) in [5, 5.41) is 0. The lowest BCUT2D eigenvalue weighted by molar-refractivity contribution is -0.139. The summed E-state index contributed by atoms with van der Waals surface area (Å²) in [4.78, 5) is 30.3. The first-order valence-corrected chi connectivity index (χ1v) is 11.8. The van der Waals surface area contributed by atoms with E-state index in [1.54, 1.807) is 0 Å². The van der Waals surface area contributed by atoms with Gasteiger partial charge in [-0.1, -0.05) is 13.8 Å². The molecule has 2 fully saturated rings. The van der Waals surface area contributed by atoms with Crippen molar-refractivity contribution in [1.29, 1.82) is 0 Å². The molecule has 29 heavy (non-hydrogen) atoms. The van der Waals surface area contributed by atoms with E-state index in [9.17, 15) is 9.59 Å². The topological polar surface area (TPSA) is 65.7 Å². The van der Waals surface area contributed by atoms with Crippen LogP contribution >= 0.6 is 0 Å². The molecule has 2 heterocycles. The normalized spacial score (nSPS) is 27.2. The molecule has 0 spiro atoms. The quantitative estimate of drug-likeness (QED) is 0.411. The molecule has 2 rings (SSSR count). The van der Waals surface area contributed by atoms with E-state index in [0.29, 0.717) is 32.6 Å². The Morgan fingerprint density at radius 1 is 0.655 bits per heavy atom. The third kappa shape index (κ3) is 6.42. The number of hydrogen-bond donors (Lipinski definition) is 0. The molecule has 0 saturated carbocycles. The molecule has 0 aliphatic carbocycles. The van der Waals surface area contributed by atoms with Crippen molar-refractivity contribution >= 4 is 11.8 Å². The van der Waals surface area contributed by atoms with Crippen LogP contribution in [0.25, 0.3) is 0 Å². The summed E-state index contributed by atoms with van der Waals surface area (Å²) in [5.41, 5.74) is 0.